The van der Waals surface area contributed by atoms with Gasteiger partial charge >= 0.3 is 0 Å². The van der Waals surface area contributed by atoms with Gasteiger partial charge in [0.15, 0.2) is 0 Å². The molecular weight excluding hydrogens is 400 g/mol. The Kier molecular flexibility index (Phi) is 4.77. The Balaban J connectivity index is 1.58. The van der Waals surface area contributed by atoms with Crippen LogP contribution in [0.25, 0.3) is 22.1 Å². The molecule has 150 valence electrons. The Hall–Kier alpha value is -3.15. The molecule has 0 aliphatic carbocycles. The molecule has 2 aromatic heterocycles. The molecule has 6 heteroatoms. The largest absolute Gasteiger partial charge is 0.478 e. The van der Waals surface area contributed by atoms with Crippen molar-refractivity contribution < 1.29 is 9.15 Å². The lowest BCUT2D eigenvalue weighted by Gasteiger charge is -2.29. The van der Waals surface area contributed by atoms with Gasteiger partial charge in [0.25, 0.3) is 0 Å². The van der Waals surface area contributed by atoms with E-state index in [0.717, 1.165) is 22.6 Å². The third-order valence-corrected chi connectivity index (χ3v) is 5.58. The molecule has 0 saturated heterocycles. The summed E-state index contributed by atoms with van der Waals surface area (Å²) in [4.78, 5) is 19.9. The number of hydrogen-bond acceptors (Lipinski definition) is 5. The van der Waals surface area contributed by atoms with Gasteiger partial charge in [0.2, 0.25) is 5.43 Å². The Morgan fingerprint density at radius 3 is 2.70 bits per heavy atom. The Labute approximate surface area is 178 Å². The monoisotopic (exact) mass is 418 g/mol. The number of aryl methyl sites for hydroxylation is 1. The number of rotatable bonds is 3. The number of hydrogen-bond donors (Lipinski definition) is 0. The molecule has 0 unspecified atom stereocenters. The predicted molar refractivity (Wildman–Crippen MR) is 117 cm³/mol. The van der Waals surface area contributed by atoms with Crippen LogP contribution in [0.15, 0.2) is 70.0 Å². The zero-order valence-corrected chi connectivity index (χ0v) is 17.1. The molecule has 1 aliphatic rings. The molecule has 0 bridgehead atoms. The van der Waals surface area contributed by atoms with Gasteiger partial charge in [-0.2, -0.15) is 0 Å². The quantitative estimate of drug-likeness (QED) is 0.459. The van der Waals surface area contributed by atoms with Gasteiger partial charge in [0.1, 0.15) is 23.8 Å². The van der Waals surface area contributed by atoms with E-state index < -0.39 is 0 Å². The highest BCUT2D eigenvalue weighted by atomic mass is 35.5. The normalized spacial score (nSPS) is 13.8. The lowest BCUT2D eigenvalue weighted by molar-refractivity contribution is 0.0878. The number of nitrogens with zero attached hydrogens (tertiary/aromatic N) is 2. The van der Waals surface area contributed by atoms with Gasteiger partial charge in [-0.05, 0) is 48.9 Å². The van der Waals surface area contributed by atoms with Gasteiger partial charge in [-0.15, -0.1) is 0 Å². The smallest absolute Gasteiger partial charge is 0.200 e. The van der Waals surface area contributed by atoms with Crippen molar-refractivity contribution in [1.82, 2.24) is 9.88 Å². The lowest BCUT2D eigenvalue weighted by Crippen LogP contribution is -2.32. The van der Waals surface area contributed by atoms with Crippen LogP contribution in [0.2, 0.25) is 5.02 Å². The van der Waals surface area contributed by atoms with Crippen molar-refractivity contribution in [1.29, 1.82) is 0 Å². The zero-order chi connectivity index (χ0) is 20.7. The molecule has 0 fully saturated rings. The molecule has 0 radical (unpaired) electrons. The molecule has 0 atom stereocenters. The SMILES string of the molecule is Cc1oc2c3c(ccc2c(=O)c1-c1ccc(Cl)cc1)OCN(Cc1ccccn1)C3. The molecule has 5 nitrogen and oxygen atoms in total. The van der Waals surface area contributed by atoms with E-state index in [4.69, 9.17) is 20.8 Å². The molecule has 0 spiro atoms. The Bertz CT molecular complexity index is 1280. The molecule has 0 saturated carbocycles. The standard InChI is InChI=1S/C24H19ClN2O3/c1-15-22(16-5-7-17(25)8-6-16)23(28)19-9-10-21-20(24(19)30-15)13-27(14-29-21)12-18-4-2-3-11-26-18/h2-11H,12-14H2,1H3. The van der Waals surface area contributed by atoms with E-state index in [2.05, 4.69) is 9.88 Å². The highest BCUT2D eigenvalue weighted by Gasteiger charge is 2.24. The van der Waals surface area contributed by atoms with Crippen molar-refractivity contribution in [3.63, 3.8) is 0 Å². The highest BCUT2D eigenvalue weighted by Crippen LogP contribution is 2.34. The summed E-state index contributed by atoms with van der Waals surface area (Å²) in [5.74, 6) is 1.33. The number of benzene rings is 2. The van der Waals surface area contributed by atoms with E-state index in [-0.39, 0.29) is 5.43 Å². The maximum atomic E-state index is 13.3. The summed E-state index contributed by atoms with van der Waals surface area (Å²) in [6.07, 6.45) is 1.78. The third kappa shape index (κ3) is 3.36. The minimum Gasteiger partial charge on any atom is -0.478 e. The van der Waals surface area contributed by atoms with Gasteiger partial charge in [-0.3, -0.25) is 14.7 Å². The van der Waals surface area contributed by atoms with Crippen LogP contribution in [-0.2, 0) is 13.1 Å². The van der Waals surface area contributed by atoms with Gasteiger partial charge in [0.05, 0.1) is 22.2 Å². The number of fused-ring (bicyclic) bond motifs is 3. The van der Waals surface area contributed by atoms with E-state index >= 15 is 0 Å². The fourth-order valence-electron chi connectivity index (χ4n) is 3.89. The highest BCUT2D eigenvalue weighted by molar-refractivity contribution is 6.30. The summed E-state index contributed by atoms with van der Waals surface area (Å²) in [6.45, 7) is 3.55. The van der Waals surface area contributed by atoms with Crippen molar-refractivity contribution in [3.05, 3.63) is 93.1 Å². The molecule has 3 heterocycles. The van der Waals surface area contributed by atoms with E-state index in [9.17, 15) is 4.79 Å². The summed E-state index contributed by atoms with van der Waals surface area (Å²) in [5.41, 5.74) is 3.73. The van der Waals surface area contributed by atoms with Crippen LogP contribution in [0.4, 0.5) is 0 Å². The molecule has 30 heavy (non-hydrogen) atoms. The van der Waals surface area contributed by atoms with Gasteiger partial charge < -0.3 is 9.15 Å². The number of aromatic nitrogens is 1. The number of halogens is 1. The summed E-state index contributed by atoms with van der Waals surface area (Å²) in [5, 5.41) is 1.17. The van der Waals surface area contributed by atoms with Crippen molar-refractivity contribution in [2.45, 2.75) is 20.0 Å². The maximum absolute atomic E-state index is 13.3. The average molecular weight is 419 g/mol. The van der Waals surface area contributed by atoms with Gasteiger partial charge in [0, 0.05) is 24.3 Å². The average Bonchev–Trinajstić information content (AvgIpc) is 2.76. The van der Waals surface area contributed by atoms with Crippen molar-refractivity contribution in [3.8, 4) is 16.9 Å². The fourth-order valence-corrected chi connectivity index (χ4v) is 4.02. The van der Waals surface area contributed by atoms with Crippen LogP contribution in [-0.4, -0.2) is 16.6 Å². The molecule has 4 aromatic rings. The minimum absolute atomic E-state index is 0.0549. The zero-order valence-electron chi connectivity index (χ0n) is 16.4. The van der Waals surface area contributed by atoms with E-state index in [0.29, 0.717) is 47.1 Å². The first-order chi connectivity index (χ1) is 14.6. The van der Waals surface area contributed by atoms with Crippen LogP contribution in [0.5, 0.6) is 5.75 Å². The first kappa shape index (κ1) is 18.9. The second kappa shape index (κ2) is 7.59. The van der Waals surface area contributed by atoms with Crippen LogP contribution >= 0.6 is 11.6 Å². The predicted octanol–water partition coefficient (Wildman–Crippen LogP) is 5.17. The van der Waals surface area contributed by atoms with Crippen LogP contribution < -0.4 is 10.2 Å². The molecule has 0 N–H and O–H groups in total. The lowest BCUT2D eigenvalue weighted by atomic mass is 10.0. The van der Waals surface area contributed by atoms with E-state index in [1.807, 2.05) is 43.3 Å². The van der Waals surface area contributed by atoms with Gasteiger partial charge in [-0.1, -0.05) is 29.8 Å². The third-order valence-electron chi connectivity index (χ3n) is 5.33. The van der Waals surface area contributed by atoms with Crippen molar-refractivity contribution >= 4 is 22.6 Å². The number of ether oxygens (including phenoxy) is 1. The van der Waals surface area contributed by atoms with Gasteiger partial charge in [-0.25, -0.2) is 0 Å². The molecular formula is C24H19ClN2O3. The fraction of sp³-hybridized carbons (Fsp3) is 0.167. The maximum Gasteiger partial charge on any atom is 0.200 e. The van der Waals surface area contributed by atoms with E-state index in [1.165, 1.54) is 0 Å². The van der Waals surface area contributed by atoms with Crippen LogP contribution in [0, 0.1) is 6.92 Å². The van der Waals surface area contributed by atoms with Crippen LogP contribution in [0.1, 0.15) is 17.0 Å². The minimum atomic E-state index is -0.0549. The first-order valence-electron chi connectivity index (χ1n) is 9.70. The van der Waals surface area contributed by atoms with E-state index in [1.54, 1.807) is 24.4 Å². The first-order valence-corrected chi connectivity index (χ1v) is 10.1. The molecule has 0 amide bonds. The Morgan fingerprint density at radius 2 is 1.93 bits per heavy atom. The summed E-state index contributed by atoms with van der Waals surface area (Å²) < 4.78 is 12.1. The summed E-state index contributed by atoms with van der Waals surface area (Å²) >= 11 is 6.00. The number of pyridine rings is 1. The summed E-state index contributed by atoms with van der Waals surface area (Å²) in [6, 6.07) is 16.7. The molecule has 5 rings (SSSR count). The summed E-state index contributed by atoms with van der Waals surface area (Å²) in [7, 11) is 0. The topological polar surface area (TPSA) is 55.6 Å². The van der Waals surface area contributed by atoms with Crippen LogP contribution in [0.3, 0.4) is 0 Å². The Morgan fingerprint density at radius 1 is 1.10 bits per heavy atom. The molecule has 2 aromatic carbocycles. The second-order valence-corrected chi connectivity index (χ2v) is 7.81. The van der Waals surface area contributed by atoms with Crippen molar-refractivity contribution in [2.75, 3.05) is 6.73 Å². The second-order valence-electron chi connectivity index (χ2n) is 7.37. The van der Waals surface area contributed by atoms with Crippen molar-refractivity contribution in [2.24, 2.45) is 0 Å². The molecule has 1 aliphatic heterocycles.